The monoisotopic (exact) mass is 356 g/mol. The zero-order chi connectivity index (χ0) is 18.4. The number of methoxy groups -OCH3 is 1. The van der Waals surface area contributed by atoms with Crippen LogP contribution >= 0.6 is 0 Å². The summed E-state index contributed by atoms with van der Waals surface area (Å²) in [6, 6.07) is 9.13. The maximum Gasteiger partial charge on any atom is 0.225 e. The van der Waals surface area contributed by atoms with E-state index in [-0.39, 0.29) is 6.54 Å². The van der Waals surface area contributed by atoms with E-state index in [1.807, 2.05) is 23.1 Å². The van der Waals surface area contributed by atoms with Crippen LogP contribution in [0.5, 0.6) is 5.75 Å². The number of aliphatic hydroxyl groups excluding tert-OH is 1. The van der Waals surface area contributed by atoms with E-state index in [1.165, 1.54) is 0 Å². The second-order valence-corrected chi connectivity index (χ2v) is 6.01. The summed E-state index contributed by atoms with van der Waals surface area (Å²) in [7, 11) is 1.60. The van der Waals surface area contributed by atoms with Crippen molar-refractivity contribution in [2.75, 3.05) is 44.7 Å². The molecule has 3 N–H and O–H groups in total. The van der Waals surface area contributed by atoms with Crippen molar-refractivity contribution in [3.05, 3.63) is 48.3 Å². The number of guanidine groups is 1. The van der Waals surface area contributed by atoms with Crippen LogP contribution in [0.25, 0.3) is 0 Å². The van der Waals surface area contributed by atoms with Gasteiger partial charge in [-0.3, -0.25) is 4.99 Å². The first-order chi connectivity index (χ1) is 12.7. The van der Waals surface area contributed by atoms with Crippen LogP contribution in [0.4, 0.5) is 5.95 Å². The molecule has 0 bridgehead atoms. The van der Waals surface area contributed by atoms with Crippen LogP contribution in [0.2, 0.25) is 0 Å². The lowest BCUT2D eigenvalue weighted by atomic mass is 10.1. The molecule has 3 rings (SSSR count). The third-order valence-corrected chi connectivity index (χ3v) is 4.34. The van der Waals surface area contributed by atoms with Crippen LogP contribution in [0, 0.1) is 0 Å². The van der Waals surface area contributed by atoms with E-state index in [4.69, 9.17) is 10.5 Å². The highest BCUT2D eigenvalue weighted by Gasteiger charge is 2.20. The van der Waals surface area contributed by atoms with Gasteiger partial charge in [0.05, 0.1) is 19.8 Å². The van der Waals surface area contributed by atoms with Gasteiger partial charge in [-0.1, -0.05) is 12.1 Å². The minimum atomic E-state index is -0.720. The van der Waals surface area contributed by atoms with Crippen molar-refractivity contribution in [2.45, 2.75) is 6.10 Å². The average molecular weight is 356 g/mol. The summed E-state index contributed by atoms with van der Waals surface area (Å²) in [4.78, 5) is 17.0. The van der Waals surface area contributed by atoms with E-state index >= 15 is 0 Å². The summed E-state index contributed by atoms with van der Waals surface area (Å²) < 4.78 is 5.18. The normalized spacial score (nSPS) is 16.5. The van der Waals surface area contributed by atoms with E-state index in [0.29, 0.717) is 11.7 Å². The van der Waals surface area contributed by atoms with Crippen molar-refractivity contribution in [1.82, 2.24) is 14.9 Å². The Labute approximate surface area is 153 Å². The van der Waals surface area contributed by atoms with Gasteiger partial charge in [-0.25, -0.2) is 9.97 Å². The summed E-state index contributed by atoms with van der Waals surface area (Å²) in [5, 5.41) is 10.3. The smallest absolute Gasteiger partial charge is 0.225 e. The van der Waals surface area contributed by atoms with Gasteiger partial charge in [0, 0.05) is 38.6 Å². The first-order valence-corrected chi connectivity index (χ1v) is 8.56. The largest absolute Gasteiger partial charge is 0.497 e. The van der Waals surface area contributed by atoms with E-state index in [9.17, 15) is 5.11 Å². The first-order valence-electron chi connectivity index (χ1n) is 8.56. The van der Waals surface area contributed by atoms with Crippen molar-refractivity contribution in [1.29, 1.82) is 0 Å². The zero-order valence-corrected chi connectivity index (χ0v) is 14.8. The summed E-state index contributed by atoms with van der Waals surface area (Å²) in [5.74, 6) is 1.88. The highest BCUT2D eigenvalue weighted by atomic mass is 16.5. The van der Waals surface area contributed by atoms with Crippen LogP contribution in [0.3, 0.4) is 0 Å². The molecule has 1 unspecified atom stereocenters. The Kier molecular flexibility index (Phi) is 5.85. The molecule has 1 fully saturated rings. The second-order valence-electron chi connectivity index (χ2n) is 6.01. The highest BCUT2D eigenvalue weighted by Crippen LogP contribution is 2.19. The van der Waals surface area contributed by atoms with Crippen LogP contribution in [-0.2, 0) is 0 Å². The van der Waals surface area contributed by atoms with Gasteiger partial charge in [-0.15, -0.1) is 0 Å². The molecule has 0 spiro atoms. The molecule has 1 aliphatic rings. The van der Waals surface area contributed by atoms with Gasteiger partial charge in [-0.05, 0) is 23.8 Å². The number of aliphatic hydroxyl groups is 1. The van der Waals surface area contributed by atoms with E-state index in [2.05, 4.69) is 19.9 Å². The molecule has 1 saturated heterocycles. The van der Waals surface area contributed by atoms with Gasteiger partial charge in [0.25, 0.3) is 0 Å². The fourth-order valence-electron chi connectivity index (χ4n) is 2.82. The molecule has 0 aliphatic carbocycles. The number of nitrogens with zero attached hydrogens (tertiary/aromatic N) is 5. The summed E-state index contributed by atoms with van der Waals surface area (Å²) in [5.41, 5.74) is 6.86. The number of nitrogens with two attached hydrogens (primary N) is 1. The van der Waals surface area contributed by atoms with Crippen molar-refractivity contribution < 1.29 is 9.84 Å². The topological polar surface area (TPSA) is 100 Å². The Bertz CT molecular complexity index is 731. The third kappa shape index (κ3) is 4.40. The Morgan fingerprint density at radius 3 is 2.65 bits per heavy atom. The number of anilines is 1. The maximum absolute atomic E-state index is 10.3. The fraction of sp³-hybridized carbons (Fsp3) is 0.389. The fourth-order valence-corrected chi connectivity index (χ4v) is 2.82. The molecular weight excluding hydrogens is 332 g/mol. The number of aliphatic imine (C=N–C) groups is 1. The lowest BCUT2D eigenvalue weighted by molar-refractivity contribution is 0.186. The zero-order valence-electron chi connectivity index (χ0n) is 14.8. The minimum absolute atomic E-state index is 0.209. The minimum Gasteiger partial charge on any atom is -0.497 e. The summed E-state index contributed by atoms with van der Waals surface area (Å²) in [6.45, 7) is 3.24. The maximum atomic E-state index is 10.3. The van der Waals surface area contributed by atoms with Gasteiger partial charge in [-0.2, -0.15) is 0 Å². The molecule has 1 aromatic carbocycles. The predicted octanol–water partition coefficient (Wildman–Crippen LogP) is 0.655. The van der Waals surface area contributed by atoms with Gasteiger partial charge >= 0.3 is 0 Å². The molecule has 1 atom stereocenters. The quantitative estimate of drug-likeness (QED) is 0.599. The van der Waals surface area contributed by atoms with Gasteiger partial charge in [0.2, 0.25) is 5.95 Å². The number of hydrogen-bond donors (Lipinski definition) is 2. The first kappa shape index (κ1) is 17.9. The summed E-state index contributed by atoms with van der Waals surface area (Å²) >= 11 is 0. The molecule has 8 heteroatoms. The predicted molar refractivity (Wildman–Crippen MR) is 100 cm³/mol. The van der Waals surface area contributed by atoms with Gasteiger partial charge in [0.1, 0.15) is 5.75 Å². The molecule has 2 heterocycles. The molecule has 8 nitrogen and oxygen atoms in total. The molecule has 26 heavy (non-hydrogen) atoms. The molecular formula is C18H24N6O2. The molecule has 0 amide bonds. The lowest BCUT2D eigenvalue weighted by Crippen LogP contribution is -2.51. The molecule has 2 aromatic rings. The molecule has 0 radical (unpaired) electrons. The Balaban J connectivity index is 1.53. The Morgan fingerprint density at radius 2 is 1.96 bits per heavy atom. The van der Waals surface area contributed by atoms with E-state index in [0.717, 1.165) is 37.7 Å². The van der Waals surface area contributed by atoms with Crippen molar-refractivity contribution in [3.63, 3.8) is 0 Å². The third-order valence-electron chi connectivity index (χ3n) is 4.34. The Morgan fingerprint density at radius 1 is 1.23 bits per heavy atom. The Hall–Kier alpha value is -2.87. The van der Waals surface area contributed by atoms with Crippen LogP contribution in [-0.4, -0.2) is 65.8 Å². The van der Waals surface area contributed by atoms with Gasteiger partial charge < -0.3 is 25.4 Å². The number of benzene rings is 1. The van der Waals surface area contributed by atoms with Crippen LogP contribution in [0.1, 0.15) is 11.7 Å². The van der Waals surface area contributed by atoms with Crippen molar-refractivity contribution >= 4 is 11.9 Å². The highest BCUT2D eigenvalue weighted by molar-refractivity contribution is 5.78. The van der Waals surface area contributed by atoms with Gasteiger partial charge in [0.15, 0.2) is 5.96 Å². The summed E-state index contributed by atoms with van der Waals surface area (Å²) in [6.07, 6.45) is 2.76. The molecule has 1 aromatic heterocycles. The SMILES string of the molecule is COc1cccc(C(O)CN=C(N)N2CCN(c3ncccn3)CC2)c1. The van der Waals surface area contributed by atoms with Crippen LogP contribution < -0.4 is 15.4 Å². The van der Waals surface area contributed by atoms with Crippen molar-refractivity contribution in [2.24, 2.45) is 10.7 Å². The number of ether oxygens (including phenoxy) is 1. The number of hydrogen-bond acceptors (Lipinski definition) is 6. The molecule has 0 saturated carbocycles. The number of piperazine rings is 1. The van der Waals surface area contributed by atoms with Crippen molar-refractivity contribution in [3.8, 4) is 5.75 Å². The van der Waals surface area contributed by atoms with Crippen LogP contribution in [0.15, 0.2) is 47.7 Å². The lowest BCUT2D eigenvalue weighted by Gasteiger charge is -2.35. The second kappa shape index (κ2) is 8.48. The standard InChI is InChI=1S/C18H24N6O2/c1-26-15-5-2-4-14(12-15)16(25)13-22-17(19)23-8-10-24(11-9-23)18-20-6-3-7-21-18/h2-7,12,16,25H,8-11,13H2,1H3,(H2,19,22). The number of aromatic nitrogens is 2. The molecule has 1 aliphatic heterocycles. The number of rotatable bonds is 5. The molecule has 138 valence electrons. The van der Waals surface area contributed by atoms with E-state index in [1.54, 1.807) is 31.6 Å². The van der Waals surface area contributed by atoms with E-state index < -0.39 is 6.10 Å². The average Bonchev–Trinajstić information content (AvgIpc) is 2.72.